The van der Waals surface area contributed by atoms with Crippen molar-refractivity contribution in [3.8, 4) is 0 Å². The first-order valence-corrected chi connectivity index (χ1v) is 7.70. The van der Waals surface area contributed by atoms with E-state index >= 15 is 0 Å². The molecule has 2 aromatic rings. The summed E-state index contributed by atoms with van der Waals surface area (Å²) < 4.78 is 0.809. The third kappa shape index (κ3) is 4.95. The normalized spacial score (nSPS) is 12.0. The fourth-order valence-corrected chi connectivity index (χ4v) is 2.90. The van der Waals surface area contributed by atoms with Gasteiger partial charge in [0.2, 0.25) is 18.3 Å². The molecule has 2 rings (SSSR count). The van der Waals surface area contributed by atoms with Crippen molar-refractivity contribution in [2.75, 3.05) is 10.6 Å². The van der Waals surface area contributed by atoms with Crippen LogP contribution in [0.4, 0.5) is 11.9 Å². The van der Waals surface area contributed by atoms with E-state index in [0.29, 0.717) is 18.2 Å². The van der Waals surface area contributed by atoms with Crippen LogP contribution in [0.15, 0.2) is 12.1 Å². The molecule has 0 saturated carbocycles. The van der Waals surface area contributed by atoms with E-state index in [4.69, 9.17) is 11.6 Å². The van der Waals surface area contributed by atoms with Gasteiger partial charge < -0.3 is 5.32 Å². The van der Waals surface area contributed by atoms with Gasteiger partial charge in [-0.2, -0.15) is 15.0 Å². The van der Waals surface area contributed by atoms with Gasteiger partial charge in [0.1, 0.15) is 5.82 Å². The standard InChI is InChI=1S/C13H16ClN5OS/c1-8(3-4-10-5-6-11(14)21-10)16-13-18-9(2)17-12(19-13)15-7-20/h5-8H,3-4H2,1-2H3,(H2,15,16,17,18,19,20). The maximum Gasteiger partial charge on any atom is 0.234 e. The smallest absolute Gasteiger partial charge is 0.234 e. The molecule has 2 aromatic heterocycles. The van der Waals surface area contributed by atoms with Crippen LogP contribution >= 0.6 is 22.9 Å². The summed E-state index contributed by atoms with van der Waals surface area (Å²) in [5.74, 6) is 1.26. The molecule has 0 aromatic carbocycles. The van der Waals surface area contributed by atoms with Crippen molar-refractivity contribution in [1.82, 2.24) is 15.0 Å². The summed E-state index contributed by atoms with van der Waals surface area (Å²) in [6.07, 6.45) is 2.41. The number of rotatable bonds is 7. The first-order chi connectivity index (χ1) is 10.1. The Kier molecular flexibility index (Phi) is 5.46. The van der Waals surface area contributed by atoms with E-state index in [2.05, 4.69) is 32.5 Å². The van der Waals surface area contributed by atoms with E-state index in [9.17, 15) is 4.79 Å². The molecule has 8 heteroatoms. The van der Waals surface area contributed by atoms with Crippen molar-refractivity contribution in [1.29, 1.82) is 0 Å². The molecular weight excluding hydrogens is 310 g/mol. The lowest BCUT2D eigenvalue weighted by Crippen LogP contribution is -2.19. The zero-order valence-electron chi connectivity index (χ0n) is 11.8. The number of carbonyl (C=O) groups is 1. The van der Waals surface area contributed by atoms with E-state index in [-0.39, 0.29) is 12.0 Å². The first-order valence-electron chi connectivity index (χ1n) is 6.50. The highest BCUT2D eigenvalue weighted by atomic mass is 35.5. The van der Waals surface area contributed by atoms with E-state index in [1.165, 1.54) is 4.88 Å². The molecule has 0 fully saturated rings. The molecule has 0 aliphatic rings. The Morgan fingerprint density at radius 3 is 2.76 bits per heavy atom. The molecular formula is C13H16ClN5OS. The lowest BCUT2D eigenvalue weighted by molar-refractivity contribution is -0.105. The van der Waals surface area contributed by atoms with Crippen LogP contribution in [0.3, 0.4) is 0 Å². The van der Waals surface area contributed by atoms with E-state index in [0.717, 1.165) is 17.2 Å². The van der Waals surface area contributed by atoms with Crippen LogP contribution in [0.1, 0.15) is 24.0 Å². The SMILES string of the molecule is Cc1nc(NC=O)nc(NC(C)CCc2ccc(Cl)s2)n1. The Bertz CT molecular complexity index is 618. The van der Waals surface area contributed by atoms with Gasteiger partial charge in [0.25, 0.3) is 0 Å². The van der Waals surface area contributed by atoms with Crippen molar-refractivity contribution >= 4 is 41.2 Å². The van der Waals surface area contributed by atoms with Gasteiger partial charge in [-0.15, -0.1) is 11.3 Å². The number of anilines is 2. The number of carbonyl (C=O) groups excluding carboxylic acids is 1. The highest BCUT2D eigenvalue weighted by Crippen LogP contribution is 2.23. The minimum absolute atomic E-state index is 0.191. The number of halogens is 1. The van der Waals surface area contributed by atoms with Crippen molar-refractivity contribution < 1.29 is 4.79 Å². The van der Waals surface area contributed by atoms with Crippen molar-refractivity contribution in [3.05, 3.63) is 27.2 Å². The highest BCUT2D eigenvalue weighted by Gasteiger charge is 2.08. The second-order valence-corrected chi connectivity index (χ2v) is 6.38. The average molecular weight is 326 g/mol. The lowest BCUT2D eigenvalue weighted by atomic mass is 10.1. The Labute approximate surface area is 132 Å². The number of amides is 1. The summed E-state index contributed by atoms with van der Waals surface area (Å²) >= 11 is 7.51. The second-order valence-electron chi connectivity index (χ2n) is 4.58. The Morgan fingerprint density at radius 1 is 1.33 bits per heavy atom. The van der Waals surface area contributed by atoms with Crippen molar-refractivity contribution in [2.45, 2.75) is 32.7 Å². The van der Waals surface area contributed by atoms with Gasteiger partial charge >= 0.3 is 0 Å². The summed E-state index contributed by atoms with van der Waals surface area (Å²) in [7, 11) is 0. The number of aromatic nitrogens is 3. The van der Waals surface area contributed by atoms with E-state index in [1.807, 2.05) is 12.1 Å². The Morgan fingerprint density at radius 2 is 2.10 bits per heavy atom. The average Bonchev–Trinajstić information content (AvgIpc) is 2.82. The molecule has 1 amide bonds. The summed E-state index contributed by atoms with van der Waals surface area (Å²) in [4.78, 5) is 24.0. The molecule has 0 spiro atoms. The third-order valence-electron chi connectivity index (χ3n) is 2.76. The van der Waals surface area contributed by atoms with Crippen LogP contribution in [0.5, 0.6) is 0 Å². The van der Waals surface area contributed by atoms with Crippen LogP contribution < -0.4 is 10.6 Å². The first kappa shape index (κ1) is 15.7. The van der Waals surface area contributed by atoms with Crippen LogP contribution in [-0.4, -0.2) is 27.4 Å². The van der Waals surface area contributed by atoms with Gasteiger partial charge in [-0.05, 0) is 38.8 Å². The summed E-state index contributed by atoms with van der Waals surface area (Å²) in [5.41, 5.74) is 0. The Hall–Kier alpha value is -1.73. The molecule has 0 radical (unpaired) electrons. The molecule has 0 aliphatic carbocycles. The lowest BCUT2D eigenvalue weighted by Gasteiger charge is -2.13. The fraction of sp³-hybridized carbons (Fsp3) is 0.385. The van der Waals surface area contributed by atoms with Gasteiger partial charge in [0.15, 0.2) is 0 Å². The second kappa shape index (κ2) is 7.33. The topological polar surface area (TPSA) is 79.8 Å². The van der Waals surface area contributed by atoms with Crippen LogP contribution in [0, 0.1) is 6.92 Å². The third-order valence-corrected chi connectivity index (χ3v) is 4.05. The summed E-state index contributed by atoms with van der Waals surface area (Å²) in [5, 5.41) is 5.64. The van der Waals surface area contributed by atoms with E-state index in [1.54, 1.807) is 18.3 Å². The molecule has 1 atom stereocenters. The van der Waals surface area contributed by atoms with Crippen LogP contribution in [-0.2, 0) is 11.2 Å². The molecule has 6 nitrogen and oxygen atoms in total. The molecule has 1 unspecified atom stereocenters. The Balaban J connectivity index is 1.92. The van der Waals surface area contributed by atoms with Crippen molar-refractivity contribution in [2.24, 2.45) is 0 Å². The van der Waals surface area contributed by atoms with Crippen LogP contribution in [0.25, 0.3) is 0 Å². The molecule has 0 bridgehead atoms. The van der Waals surface area contributed by atoms with Gasteiger partial charge in [-0.25, -0.2) is 0 Å². The molecule has 0 aliphatic heterocycles. The molecule has 0 saturated heterocycles. The fourth-order valence-electron chi connectivity index (χ4n) is 1.80. The summed E-state index contributed by atoms with van der Waals surface area (Å²) in [6, 6.07) is 4.14. The minimum Gasteiger partial charge on any atom is -0.352 e. The maximum atomic E-state index is 10.4. The van der Waals surface area contributed by atoms with Gasteiger partial charge in [0, 0.05) is 10.9 Å². The zero-order valence-corrected chi connectivity index (χ0v) is 13.3. The van der Waals surface area contributed by atoms with Gasteiger partial charge in [-0.3, -0.25) is 10.1 Å². The number of hydrogen-bond donors (Lipinski definition) is 2. The van der Waals surface area contributed by atoms with Crippen LogP contribution in [0.2, 0.25) is 4.34 Å². The van der Waals surface area contributed by atoms with Crippen molar-refractivity contribution in [3.63, 3.8) is 0 Å². The van der Waals surface area contributed by atoms with Gasteiger partial charge in [0.05, 0.1) is 4.34 Å². The summed E-state index contributed by atoms with van der Waals surface area (Å²) in [6.45, 7) is 3.81. The monoisotopic (exact) mass is 325 g/mol. The zero-order chi connectivity index (χ0) is 15.2. The molecule has 21 heavy (non-hydrogen) atoms. The number of hydrogen-bond acceptors (Lipinski definition) is 6. The largest absolute Gasteiger partial charge is 0.352 e. The quantitative estimate of drug-likeness (QED) is 0.765. The highest BCUT2D eigenvalue weighted by molar-refractivity contribution is 7.16. The number of nitrogens with zero attached hydrogens (tertiary/aromatic N) is 3. The predicted molar refractivity (Wildman–Crippen MR) is 85.0 cm³/mol. The number of nitrogens with one attached hydrogen (secondary N) is 2. The number of aryl methyl sites for hydroxylation is 2. The molecule has 2 N–H and O–H groups in total. The number of thiophene rings is 1. The maximum absolute atomic E-state index is 10.4. The van der Waals surface area contributed by atoms with Gasteiger partial charge in [-0.1, -0.05) is 11.6 Å². The predicted octanol–water partition coefficient (Wildman–Crippen LogP) is 2.90. The van der Waals surface area contributed by atoms with E-state index < -0.39 is 0 Å². The minimum atomic E-state index is 0.191. The molecule has 2 heterocycles. The molecule has 112 valence electrons.